The molecule has 1 aromatic heterocycles. The van der Waals surface area contributed by atoms with Gasteiger partial charge in [0.25, 0.3) is 0 Å². The zero-order chi connectivity index (χ0) is 16.7. The minimum atomic E-state index is 0.643. The van der Waals surface area contributed by atoms with E-state index in [1.807, 2.05) is 37.2 Å². The summed E-state index contributed by atoms with van der Waals surface area (Å²) in [5, 5.41) is 7.70. The molecule has 23 heavy (non-hydrogen) atoms. The van der Waals surface area contributed by atoms with Gasteiger partial charge in [0.15, 0.2) is 5.96 Å². The number of hydrogen-bond acceptors (Lipinski definition) is 4. The van der Waals surface area contributed by atoms with Crippen LogP contribution in [-0.2, 0) is 11.3 Å². The van der Waals surface area contributed by atoms with Crippen LogP contribution in [0.25, 0.3) is 10.9 Å². The normalized spacial score (nSPS) is 11.6. The fourth-order valence-electron chi connectivity index (χ4n) is 2.28. The zero-order valence-electron chi connectivity index (χ0n) is 14.3. The smallest absolute Gasteiger partial charge is 0.191 e. The summed E-state index contributed by atoms with van der Waals surface area (Å²) >= 11 is 0. The summed E-state index contributed by atoms with van der Waals surface area (Å²) in [7, 11) is 7.45. The van der Waals surface area contributed by atoms with Crippen molar-refractivity contribution >= 4 is 22.7 Å². The first-order valence-corrected chi connectivity index (χ1v) is 7.65. The van der Waals surface area contributed by atoms with E-state index in [9.17, 15) is 0 Å². The Balaban J connectivity index is 2.18. The molecule has 0 aliphatic rings. The second-order valence-corrected chi connectivity index (χ2v) is 5.40. The summed E-state index contributed by atoms with van der Waals surface area (Å²) in [4.78, 5) is 10.9. The third-order valence-corrected chi connectivity index (χ3v) is 3.52. The highest BCUT2D eigenvalue weighted by Crippen LogP contribution is 2.21. The Hall–Kier alpha value is -2.34. The molecule has 0 atom stereocenters. The van der Waals surface area contributed by atoms with E-state index in [0.717, 1.165) is 29.2 Å². The number of fused-ring (bicyclic) bond motifs is 1. The lowest BCUT2D eigenvalue weighted by Gasteiger charge is -2.16. The van der Waals surface area contributed by atoms with Gasteiger partial charge in [-0.15, -0.1) is 0 Å². The molecule has 124 valence electrons. The van der Waals surface area contributed by atoms with Crippen molar-refractivity contribution in [1.29, 1.82) is 0 Å². The van der Waals surface area contributed by atoms with Crippen molar-refractivity contribution in [1.82, 2.24) is 15.6 Å². The molecule has 0 fully saturated rings. The molecule has 0 bridgehead atoms. The van der Waals surface area contributed by atoms with Gasteiger partial charge in [-0.1, -0.05) is 18.2 Å². The molecule has 0 saturated carbocycles. The molecule has 2 N–H and O–H groups in total. The number of methoxy groups -OCH3 is 1. The minimum Gasteiger partial charge on any atom is -0.383 e. The number of ether oxygens (including phenoxy) is 1. The maximum absolute atomic E-state index is 5.04. The third-order valence-electron chi connectivity index (χ3n) is 3.52. The number of anilines is 1. The number of rotatable bonds is 6. The molecule has 0 saturated heterocycles. The van der Waals surface area contributed by atoms with Crippen LogP contribution in [0.4, 0.5) is 5.82 Å². The van der Waals surface area contributed by atoms with Crippen LogP contribution in [0.5, 0.6) is 0 Å². The number of hydrogen-bond donors (Lipinski definition) is 2. The van der Waals surface area contributed by atoms with E-state index >= 15 is 0 Å². The third kappa shape index (κ3) is 4.56. The first kappa shape index (κ1) is 17.0. The van der Waals surface area contributed by atoms with Crippen LogP contribution < -0.4 is 15.5 Å². The maximum atomic E-state index is 5.04. The van der Waals surface area contributed by atoms with E-state index in [4.69, 9.17) is 4.74 Å². The number of nitrogens with zero attached hydrogens (tertiary/aromatic N) is 3. The van der Waals surface area contributed by atoms with Gasteiger partial charge in [0.2, 0.25) is 0 Å². The van der Waals surface area contributed by atoms with Crippen molar-refractivity contribution in [3.63, 3.8) is 0 Å². The van der Waals surface area contributed by atoms with Gasteiger partial charge < -0.3 is 20.3 Å². The van der Waals surface area contributed by atoms with Crippen molar-refractivity contribution in [2.75, 3.05) is 46.3 Å². The molecule has 0 unspecified atom stereocenters. The van der Waals surface area contributed by atoms with Crippen LogP contribution in [0, 0.1) is 0 Å². The largest absolute Gasteiger partial charge is 0.383 e. The number of pyridine rings is 1. The van der Waals surface area contributed by atoms with Crippen LogP contribution in [-0.4, -0.2) is 52.3 Å². The van der Waals surface area contributed by atoms with Crippen LogP contribution in [0.3, 0.4) is 0 Å². The van der Waals surface area contributed by atoms with Gasteiger partial charge >= 0.3 is 0 Å². The Kier molecular flexibility index (Phi) is 6.17. The molecule has 2 rings (SSSR count). The SMILES string of the molecule is CN=C(NCCOC)NCc1cc(N(C)C)nc2ccccc12. The van der Waals surface area contributed by atoms with Crippen LogP contribution >= 0.6 is 0 Å². The van der Waals surface area contributed by atoms with Crippen molar-refractivity contribution in [3.05, 3.63) is 35.9 Å². The molecule has 6 heteroatoms. The molecule has 0 radical (unpaired) electrons. The van der Waals surface area contributed by atoms with Gasteiger partial charge in [0.1, 0.15) is 5.82 Å². The predicted molar refractivity (Wildman–Crippen MR) is 96.1 cm³/mol. The van der Waals surface area contributed by atoms with Crippen molar-refractivity contribution in [3.8, 4) is 0 Å². The topological polar surface area (TPSA) is 61.8 Å². The van der Waals surface area contributed by atoms with E-state index in [2.05, 4.69) is 32.7 Å². The Morgan fingerprint density at radius 1 is 1.26 bits per heavy atom. The van der Waals surface area contributed by atoms with E-state index in [-0.39, 0.29) is 0 Å². The minimum absolute atomic E-state index is 0.643. The summed E-state index contributed by atoms with van der Waals surface area (Å²) in [5.41, 5.74) is 2.19. The highest BCUT2D eigenvalue weighted by molar-refractivity contribution is 5.85. The van der Waals surface area contributed by atoms with Gasteiger partial charge in [-0.2, -0.15) is 0 Å². The Bertz CT molecular complexity index is 669. The van der Waals surface area contributed by atoms with E-state index in [0.29, 0.717) is 13.2 Å². The van der Waals surface area contributed by atoms with Crippen LogP contribution in [0.1, 0.15) is 5.56 Å². The Morgan fingerprint density at radius 3 is 2.74 bits per heavy atom. The van der Waals surface area contributed by atoms with Crippen LogP contribution in [0.2, 0.25) is 0 Å². The molecule has 2 aromatic rings. The number of aliphatic imine (C=N–C) groups is 1. The zero-order valence-corrected chi connectivity index (χ0v) is 14.3. The maximum Gasteiger partial charge on any atom is 0.191 e. The quantitative estimate of drug-likeness (QED) is 0.482. The fraction of sp³-hybridized carbons (Fsp3) is 0.412. The van der Waals surface area contributed by atoms with Gasteiger partial charge in [-0.3, -0.25) is 4.99 Å². The Morgan fingerprint density at radius 2 is 2.04 bits per heavy atom. The van der Waals surface area contributed by atoms with Crippen molar-refractivity contribution < 1.29 is 4.74 Å². The summed E-state index contributed by atoms with van der Waals surface area (Å²) in [5.74, 6) is 1.71. The number of benzene rings is 1. The highest BCUT2D eigenvalue weighted by atomic mass is 16.5. The van der Waals surface area contributed by atoms with Gasteiger partial charge in [0.05, 0.1) is 12.1 Å². The summed E-state index contributed by atoms with van der Waals surface area (Å²) in [6.45, 7) is 2.04. The summed E-state index contributed by atoms with van der Waals surface area (Å²) < 4.78 is 5.04. The molecule has 0 spiro atoms. The molecule has 1 heterocycles. The number of guanidine groups is 1. The first-order chi connectivity index (χ1) is 11.2. The second kappa shape index (κ2) is 8.33. The Labute approximate surface area is 137 Å². The van der Waals surface area contributed by atoms with Crippen molar-refractivity contribution in [2.24, 2.45) is 4.99 Å². The van der Waals surface area contributed by atoms with Crippen LogP contribution in [0.15, 0.2) is 35.3 Å². The standard InChI is InChI=1S/C17H25N5O/c1-18-17(19-9-10-23-4)20-12-13-11-16(22(2)3)21-15-8-6-5-7-14(13)15/h5-8,11H,9-10,12H2,1-4H3,(H2,18,19,20). The van der Waals surface area contributed by atoms with Gasteiger partial charge in [0, 0.05) is 46.7 Å². The molecule has 0 amide bonds. The number of para-hydroxylation sites is 1. The average Bonchev–Trinajstić information content (AvgIpc) is 2.57. The summed E-state index contributed by atoms with van der Waals surface area (Å²) in [6.07, 6.45) is 0. The monoisotopic (exact) mass is 315 g/mol. The number of aromatic nitrogens is 1. The molecule has 1 aromatic carbocycles. The predicted octanol–water partition coefficient (Wildman–Crippen LogP) is 1.61. The van der Waals surface area contributed by atoms with Gasteiger partial charge in [-0.25, -0.2) is 4.98 Å². The average molecular weight is 315 g/mol. The number of nitrogens with one attached hydrogen (secondary N) is 2. The molecular weight excluding hydrogens is 290 g/mol. The second-order valence-electron chi connectivity index (χ2n) is 5.40. The molecular formula is C17H25N5O. The molecule has 0 aliphatic carbocycles. The lowest BCUT2D eigenvalue weighted by molar-refractivity contribution is 0.203. The molecule has 6 nitrogen and oxygen atoms in total. The van der Waals surface area contributed by atoms with E-state index < -0.39 is 0 Å². The fourth-order valence-corrected chi connectivity index (χ4v) is 2.28. The lowest BCUT2D eigenvalue weighted by Crippen LogP contribution is -2.38. The lowest BCUT2D eigenvalue weighted by atomic mass is 10.1. The van der Waals surface area contributed by atoms with Gasteiger partial charge in [-0.05, 0) is 17.7 Å². The first-order valence-electron chi connectivity index (χ1n) is 7.65. The highest BCUT2D eigenvalue weighted by Gasteiger charge is 2.07. The summed E-state index contributed by atoms with van der Waals surface area (Å²) in [6, 6.07) is 10.3. The molecule has 0 aliphatic heterocycles. The van der Waals surface area contributed by atoms with E-state index in [1.54, 1.807) is 14.2 Å². The van der Waals surface area contributed by atoms with E-state index in [1.165, 1.54) is 5.56 Å². The van der Waals surface area contributed by atoms with Crippen molar-refractivity contribution in [2.45, 2.75) is 6.54 Å².